The summed E-state index contributed by atoms with van der Waals surface area (Å²) >= 11 is 0. The van der Waals surface area contributed by atoms with Crippen LogP contribution in [0.3, 0.4) is 0 Å². The molecule has 0 aromatic heterocycles. The zero-order chi connectivity index (χ0) is 18.0. The number of rotatable bonds is 5. The zero-order valence-electron chi connectivity index (χ0n) is 11.7. The third-order valence-corrected chi connectivity index (χ3v) is 3.26. The van der Waals surface area contributed by atoms with Crippen molar-refractivity contribution in [2.24, 2.45) is 0 Å². The van der Waals surface area contributed by atoms with Crippen molar-refractivity contribution >= 4 is 23.9 Å². The van der Waals surface area contributed by atoms with Gasteiger partial charge in [0.15, 0.2) is 0 Å². The SMILES string of the molecule is O=C([O-])c1ccc(-c2cccc(C(=O)[O-])c2C(=O)[O-])cc1C(=O)[O-]. The van der Waals surface area contributed by atoms with Crippen molar-refractivity contribution in [2.45, 2.75) is 0 Å². The molecule has 8 nitrogen and oxygen atoms in total. The summed E-state index contributed by atoms with van der Waals surface area (Å²) in [7, 11) is 0. The second-order valence-electron chi connectivity index (χ2n) is 4.64. The first kappa shape index (κ1) is 16.7. The van der Waals surface area contributed by atoms with Crippen LogP contribution in [0.5, 0.6) is 0 Å². The predicted molar refractivity (Wildman–Crippen MR) is 69.2 cm³/mol. The molecule has 0 aliphatic carbocycles. The largest absolute Gasteiger partial charge is 0.545 e. The molecule has 0 fully saturated rings. The zero-order valence-corrected chi connectivity index (χ0v) is 11.7. The highest BCUT2D eigenvalue weighted by Crippen LogP contribution is 2.28. The summed E-state index contributed by atoms with van der Waals surface area (Å²) in [5.74, 6) is -7.15. The second-order valence-corrected chi connectivity index (χ2v) is 4.64. The molecule has 0 saturated heterocycles. The van der Waals surface area contributed by atoms with Gasteiger partial charge in [-0.05, 0) is 17.2 Å². The molecule has 24 heavy (non-hydrogen) atoms. The van der Waals surface area contributed by atoms with Gasteiger partial charge in [-0.15, -0.1) is 0 Å². The van der Waals surface area contributed by atoms with Gasteiger partial charge in [0.2, 0.25) is 0 Å². The van der Waals surface area contributed by atoms with Gasteiger partial charge in [-0.25, -0.2) is 0 Å². The summed E-state index contributed by atoms with van der Waals surface area (Å²) in [5, 5.41) is 44.3. The molecule has 0 aliphatic rings. The lowest BCUT2D eigenvalue weighted by Gasteiger charge is -2.18. The Morgan fingerprint density at radius 3 is 1.71 bits per heavy atom. The van der Waals surface area contributed by atoms with Gasteiger partial charge in [-0.1, -0.05) is 30.3 Å². The average Bonchev–Trinajstić information content (AvgIpc) is 2.53. The molecular formula is C16H6O8-4. The van der Waals surface area contributed by atoms with Crippen molar-refractivity contribution in [1.29, 1.82) is 0 Å². The lowest BCUT2D eigenvalue weighted by molar-refractivity contribution is -0.259. The topological polar surface area (TPSA) is 161 Å². The molecule has 0 amide bonds. The summed E-state index contributed by atoms with van der Waals surface area (Å²) < 4.78 is 0. The maximum absolute atomic E-state index is 11.3. The van der Waals surface area contributed by atoms with Gasteiger partial charge in [0.25, 0.3) is 0 Å². The summed E-state index contributed by atoms with van der Waals surface area (Å²) in [5.41, 5.74) is -3.01. The van der Waals surface area contributed by atoms with E-state index in [2.05, 4.69) is 0 Å². The van der Waals surface area contributed by atoms with E-state index >= 15 is 0 Å². The predicted octanol–water partition coefficient (Wildman–Crippen LogP) is -3.19. The number of carboxylic acids is 4. The smallest absolute Gasteiger partial charge is 0.0728 e. The first-order valence-corrected chi connectivity index (χ1v) is 6.37. The van der Waals surface area contributed by atoms with Crippen LogP contribution in [0, 0.1) is 0 Å². The first-order valence-electron chi connectivity index (χ1n) is 6.37. The van der Waals surface area contributed by atoms with Crippen LogP contribution in [0.25, 0.3) is 11.1 Å². The van der Waals surface area contributed by atoms with Gasteiger partial charge < -0.3 is 39.6 Å². The fourth-order valence-corrected chi connectivity index (χ4v) is 2.24. The molecule has 8 heteroatoms. The molecule has 0 aliphatic heterocycles. The van der Waals surface area contributed by atoms with Gasteiger partial charge in [-0.3, -0.25) is 0 Å². The Kier molecular flexibility index (Phi) is 4.32. The summed E-state index contributed by atoms with van der Waals surface area (Å²) in [6.45, 7) is 0. The van der Waals surface area contributed by atoms with Crippen molar-refractivity contribution in [3.05, 3.63) is 58.7 Å². The maximum Gasteiger partial charge on any atom is 0.0728 e. The summed E-state index contributed by atoms with van der Waals surface area (Å²) in [6.07, 6.45) is 0. The van der Waals surface area contributed by atoms with Gasteiger partial charge in [-0.2, -0.15) is 0 Å². The van der Waals surface area contributed by atoms with Gasteiger partial charge >= 0.3 is 0 Å². The van der Waals surface area contributed by atoms with Gasteiger partial charge in [0, 0.05) is 22.3 Å². The van der Waals surface area contributed by atoms with E-state index in [1.165, 1.54) is 12.1 Å². The second kappa shape index (κ2) is 6.21. The van der Waals surface area contributed by atoms with E-state index in [-0.39, 0.29) is 11.1 Å². The molecule has 0 atom stereocenters. The molecule has 122 valence electrons. The van der Waals surface area contributed by atoms with E-state index < -0.39 is 46.1 Å². The van der Waals surface area contributed by atoms with E-state index in [1.807, 2.05) is 0 Å². The van der Waals surface area contributed by atoms with E-state index in [4.69, 9.17) is 0 Å². The number of hydrogen-bond donors (Lipinski definition) is 0. The van der Waals surface area contributed by atoms with E-state index in [0.29, 0.717) is 0 Å². The Hall–Kier alpha value is -3.68. The van der Waals surface area contributed by atoms with E-state index in [1.54, 1.807) is 0 Å². The normalized spacial score (nSPS) is 10.2. The Morgan fingerprint density at radius 2 is 1.21 bits per heavy atom. The van der Waals surface area contributed by atoms with Crippen LogP contribution in [0.15, 0.2) is 36.4 Å². The fraction of sp³-hybridized carbons (Fsp3) is 0. The molecule has 2 rings (SSSR count). The Balaban J connectivity index is 2.78. The number of carbonyl (C=O) groups is 4. The van der Waals surface area contributed by atoms with Crippen LogP contribution < -0.4 is 20.4 Å². The Bertz CT molecular complexity index is 882. The van der Waals surface area contributed by atoms with E-state index in [9.17, 15) is 39.6 Å². The van der Waals surface area contributed by atoms with Crippen molar-refractivity contribution in [2.75, 3.05) is 0 Å². The van der Waals surface area contributed by atoms with Gasteiger partial charge in [0.05, 0.1) is 23.9 Å². The number of carboxylic acid groups (broad SMARTS) is 4. The average molecular weight is 326 g/mol. The first-order chi connectivity index (χ1) is 11.2. The van der Waals surface area contributed by atoms with Crippen molar-refractivity contribution in [1.82, 2.24) is 0 Å². The minimum Gasteiger partial charge on any atom is -0.545 e. The lowest BCUT2D eigenvalue weighted by atomic mass is 9.93. The highest BCUT2D eigenvalue weighted by atomic mass is 16.4. The number of hydrogen-bond acceptors (Lipinski definition) is 8. The van der Waals surface area contributed by atoms with Crippen molar-refractivity contribution in [3.63, 3.8) is 0 Å². The minimum absolute atomic E-state index is 0.0542. The van der Waals surface area contributed by atoms with Crippen molar-refractivity contribution in [3.8, 4) is 11.1 Å². The van der Waals surface area contributed by atoms with Gasteiger partial charge in [0.1, 0.15) is 0 Å². The third-order valence-electron chi connectivity index (χ3n) is 3.26. The van der Waals surface area contributed by atoms with Crippen LogP contribution in [-0.2, 0) is 0 Å². The molecule has 0 spiro atoms. The number of aromatic carboxylic acids is 4. The Morgan fingerprint density at radius 1 is 0.625 bits per heavy atom. The summed E-state index contributed by atoms with van der Waals surface area (Å²) in [6, 6.07) is 6.27. The summed E-state index contributed by atoms with van der Waals surface area (Å²) in [4.78, 5) is 44.3. The molecule has 0 heterocycles. The molecular weight excluding hydrogens is 320 g/mol. The maximum atomic E-state index is 11.3. The quantitative estimate of drug-likeness (QED) is 0.555. The molecule has 0 bridgehead atoms. The number of benzene rings is 2. The van der Waals surface area contributed by atoms with Crippen LogP contribution in [0.2, 0.25) is 0 Å². The third kappa shape index (κ3) is 2.93. The lowest BCUT2D eigenvalue weighted by Crippen LogP contribution is -2.31. The highest BCUT2D eigenvalue weighted by Gasteiger charge is 2.14. The van der Waals surface area contributed by atoms with Crippen LogP contribution >= 0.6 is 0 Å². The highest BCUT2D eigenvalue weighted by molar-refractivity contribution is 6.06. The Labute approximate surface area is 134 Å². The number of carbonyl (C=O) groups excluding carboxylic acids is 4. The van der Waals surface area contributed by atoms with Crippen LogP contribution in [-0.4, -0.2) is 23.9 Å². The molecule has 0 N–H and O–H groups in total. The molecule has 2 aromatic carbocycles. The molecule has 0 radical (unpaired) electrons. The standard InChI is InChI=1S/C16H10O8/c17-13(18)9-5-4-7(6-11(9)15(21)22)8-2-1-3-10(14(19)20)12(8)16(23)24/h1-6H,(H,17,18)(H,19,20)(H,21,22)(H,23,24)/p-4. The minimum atomic E-state index is -1.82. The van der Waals surface area contributed by atoms with Crippen LogP contribution in [0.1, 0.15) is 41.4 Å². The fourth-order valence-electron chi connectivity index (χ4n) is 2.24. The molecule has 0 saturated carbocycles. The monoisotopic (exact) mass is 326 g/mol. The van der Waals surface area contributed by atoms with E-state index in [0.717, 1.165) is 24.3 Å². The van der Waals surface area contributed by atoms with Crippen molar-refractivity contribution < 1.29 is 39.6 Å². The molecule has 2 aromatic rings. The van der Waals surface area contributed by atoms with Crippen LogP contribution in [0.4, 0.5) is 0 Å². The molecule has 0 unspecified atom stereocenters.